The van der Waals surface area contributed by atoms with Crippen LogP contribution in [-0.4, -0.2) is 0 Å². The minimum Gasteiger partial charge on any atom is -0.206 e. The van der Waals surface area contributed by atoms with E-state index in [1.165, 1.54) is 18.2 Å². The lowest BCUT2D eigenvalue weighted by molar-refractivity contribution is 0.577. The maximum absolute atomic E-state index is 13.6. The molecule has 0 spiro atoms. The van der Waals surface area contributed by atoms with Crippen LogP contribution in [-0.2, 0) is 0 Å². The van der Waals surface area contributed by atoms with Crippen LogP contribution < -0.4 is 0 Å². The van der Waals surface area contributed by atoms with Gasteiger partial charge in [0.15, 0.2) is 0 Å². The van der Waals surface area contributed by atoms with Crippen molar-refractivity contribution in [3.8, 4) is 0 Å². The zero-order chi connectivity index (χ0) is 13.1. The van der Waals surface area contributed by atoms with Crippen molar-refractivity contribution in [1.82, 2.24) is 0 Å². The standard InChI is InChI=1S/C16H14F2/c1-11-3-5-13(6-4-11)7-8-14-15(17)9-12(2)10-16(14)18/h3-10H,1-2H3. The first-order chi connectivity index (χ1) is 8.56. The fourth-order valence-electron chi connectivity index (χ4n) is 1.73. The SMILES string of the molecule is Cc1ccc(C=Cc2c(F)cc(C)cc2F)cc1. The van der Waals surface area contributed by atoms with Crippen LogP contribution in [0.25, 0.3) is 12.2 Å². The van der Waals surface area contributed by atoms with Gasteiger partial charge in [-0.1, -0.05) is 35.9 Å². The molecule has 0 saturated heterocycles. The van der Waals surface area contributed by atoms with Gasteiger partial charge in [0.2, 0.25) is 0 Å². The number of halogens is 2. The Morgan fingerprint density at radius 1 is 0.778 bits per heavy atom. The Morgan fingerprint density at radius 3 is 1.89 bits per heavy atom. The topological polar surface area (TPSA) is 0 Å². The highest BCUT2D eigenvalue weighted by Gasteiger charge is 2.06. The van der Waals surface area contributed by atoms with E-state index in [1.54, 1.807) is 13.0 Å². The Bertz CT molecular complexity index is 558. The first kappa shape index (κ1) is 12.5. The average Bonchev–Trinajstić information content (AvgIpc) is 2.30. The second kappa shape index (κ2) is 5.13. The third-order valence-electron chi connectivity index (χ3n) is 2.74. The van der Waals surface area contributed by atoms with Crippen molar-refractivity contribution in [2.75, 3.05) is 0 Å². The molecule has 0 aliphatic heterocycles. The van der Waals surface area contributed by atoms with Gasteiger partial charge in [0.25, 0.3) is 0 Å². The number of aryl methyl sites for hydroxylation is 2. The van der Waals surface area contributed by atoms with E-state index in [1.807, 2.05) is 31.2 Å². The summed E-state index contributed by atoms with van der Waals surface area (Å²) in [6.07, 6.45) is 3.17. The van der Waals surface area contributed by atoms with Gasteiger partial charge >= 0.3 is 0 Å². The van der Waals surface area contributed by atoms with Crippen LogP contribution >= 0.6 is 0 Å². The molecule has 0 amide bonds. The molecule has 0 radical (unpaired) electrons. The van der Waals surface area contributed by atoms with E-state index in [0.29, 0.717) is 5.56 Å². The number of benzene rings is 2. The van der Waals surface area contributed by atoms with E-state index < -0.39 is 11.6 Å². The molecule has 0 aliphatic rings. The lowest BCUT2D eigenvalue weighted by Gasteiger charge is -2.01. The molecule has 2 heteroatoms. The number of hydrogen-bond donors (Lipinski definition) is 0. The summed E-state index contributed by atoms with van der Waals surface area (Å²) in [6.45, 7) is 3.66. The van der Waals surface area contributed by atoms with E-state index in [9.17, 15) is 8.78 Å². The third kappa shape index (κ3) is 2.83. The second-order valence-electron chi connectivity index (χ2n) is 4.39. The molecule has 0 fully saturated rings. The van der Waals surface area contributed by atoms with Gasteiger partial charge < -0.3 is 0 Å². The van der Waals surface area contributed by atoms with Gasteiger partial charge in [-0.05, 0) is 43.2 Å². The summed E-state index contributed by atoms with van der Waals surface area (Å²) in [4.78, 5) is 0. The van der Waals surface area contributed by atoms with Gasteiger partial charge in [0, 0.05) is 5.56 Å². The molecular formula is C16H14F2. The Labute approximate surface area is 106 Å². The lowest BCUT2D eigenvalue weighted by Crippen LogP contribution is -1.90. The molecule has 0 nitrogen and oxygen atoms in total. The summed E-state index contributed by atoms with van der Waals surface area (Å²) in [5, 5.41) is 0. The molecule has 0 aliphatic carbocycles. The van der Waals surface area contributed by atoms with Gasteiger partial charge in [0.05, 0.1) is 0 Å². The van der Waals surface area contributed by atoms with Crippen LogP contribution in [0.3, 0.4) is 0 Å². The molecule has 18 heavy (non-hydrogen) atoms. The van der Waals surface area contributed by atoms with Gasteiger partial charge in [-0.25, -0.2) is 8.78 Å². The smallest absolute Gasteiger partial charge is 0.133 e. The molecule has 0 heterocycles. The molecule has 2 aromatic rings. The Morgan fingerprint density at radius 2 is 1.33 bits per heavy atom. The fourth-order valence-corrected chi connectivity index (χ4v) is 1.73. The van der Waals surface area contributed by atoms with Crippen molar-refractivity contribution in [2.45, 2.75) is 13.8 Å². The predicted molar refractivity (Wildman–Crippen MR) is 71.2 cm³/mol. The summed E-state index contributed by atoms with van der Waals surface area (Å²) >= 11 is 0. The van der Waals surface area contributed by atoms with Crippen molar-refractivity contribution in [2.24, 2.45) is 0 Å². The van der Waals surface area contributed by atoms with E-state index in [-0.39, 0.29) is 5.56 Å². The van der Waals surface area contributed by atoms with E-state index >= 15 is 0 Å². The maximum atomic E-state index is 13.6. The monoisotopic (exact) mass is 244 g/mol. The maximum Gasteiger partial charge on any atom is 0.133 e. The normalized spacial score (nSPS) is 11.1. The zero-order valence-corrected chi connectivity index (χ0v) is 10.4. The minimum atomic E-state index is -0.532. The molecule has 0 unspecified atom stereocenters. The first-order valence-electron chi connectivity index (χ1n) is 5.76. The lowest BCUT2D eigenvalue weighted by atomic mass is 10.1. The molecule has 0 N–H and O–H groups in total. The molecule has 0 aromatic heterocycles. The highest BCUT2D eigenvalue weighted by atomic mass is 19.1. The van der Waals surface area contributed by atoms with Crippen molar-refractivity contribution >= 4 is 12.2 Å². The van der Waals surface area contributed by atoms with E-state index in [0.717, 1.165) is 11.1 Å². The summed E-state index contributed by atoms with van der Waals surface area (Å²) in [5.41, 5.74) is 2.65. The van der Waals surface area contributed by atoms with Crippen molar-refractivity contribution < 1.29 is 8.78 Å². The van der Waals surface area contributed by atoms with Crippen LogP contribution in [0, 0.1) is 25.5 Å². The molecular weight excluding hydrogens is 230 g/mol. The molecule has 0 bridgehead atoms. The Hall–Kier alpha value is -1.96. The van der Waals surface area contributed by atoms with Crippen molar-refractivity contribution in [3.05, 3.63) is 70.3 Å². The molecule has 92 valence electrons. The quantitative estimate of drug-likeness (QED) is 0.668. The van der Waals surface area contributed by atoms with Gasteiger partial charge in [-0.2, -0.15) is 0 Å². The molecule has 2 aromatic carbocycles. The van der Waals surface area contributed by atoms with Crippen LogP contribution in [0.15, 0.2) is 36.4 Å². The van der Waals surface area contributed by atoms with Crippen LogP contribution in [0.1, 0.15) is 22.3 Å². The van der Waals surface area contributed by atoms with Crippen molar-refractivity contribution in [3.63, 3.8) is 0 Å². The fraction of sp³-hybridized carbons (Fsp3) is 0.125. The number of hydrogen-bond acceptors (Lipinski definition) is 0. The second-order valence-corrected chi connectivity index (χ2v) is 4.39. The highest BCUT2D eigenvalue weighted by molar-refractivity contribution is 5.70. The molecule has 2 rings (SSSR count). The van der Waals surface area contributed by atoms with Gasteiger partial charge in [-0.15, -0.1) is 0 Å². The summed E-state index contributed by atoms with van der Waals surface area (Å²) in [6, 6.07) is 10.4. The van der Waals surface area contributed by atoms with Crippen LogP contribution in [0.5, 0.6) is 0 Å². The average molecular weight is 244 g/mol. The Kier molecular flexibility index (Phi) is 3.56. The summed E-state index contributed by atoms with van der Waals surface area (Å²) in [5.74, 6) is -1.06. The minimum absolute atomic E-state index is 0.00109. The van der Waals surface area contributed by atoms with Crippen LogP contribution in [0.4, 0.5) is 8.78 Å². The van der Waals surface area contributed by atoms with Gasteiger partial charge in [0.1, 0.15) is 11.6 Å². The number of rotatable bonds is 2. The van der Waals surface area contributed by atoms with Crippen molar-refractivity contribution in [1.29, 1.82) is 0 Å². The first-order valence-corrected chi connectivity index (χ1v) is 5.76. The summed E-state index contributed by atoms with van der Waals surface area (Å²) < 4.78 is 27.2. The highest BCUT2D eigenvalue weighted by Crippen LogP contribution is 2.18. The van der Waals surface area contributed by atoms with E-state index in [2.05, 4.69) is 0 Å². The summed E-state index contributed by atoms with van der Waals surface area (Å²) in [7, 11) is 0. The molecule has 0 saturated carbocycles. The Balaban J connectivity index is 2.31. The van der Waals surface area contributed by atoms with E-state index in [4.69, 9.17) is 0 Å². The van der Waals surface area contributed by atoms with Crippen LogP contribution in [0.2, 0.25) is 0 Å². The largest absolute Gasteiger partial charge is 0.206 e. The van der Waals surface area contributed by atoms with Gasteiger partial charge in [-0.3, -0.25) is 0 Å². The third-order valence-corrected chi connectivity index (χ3v) is 2.74. The predicted octanol–water partition coefficient (Wildman–Crippen LogP) is 4.75. The zero-order valence-electron chi connectivity index (χ0n) is 10.4. The molecule has 0 atom stereocenters.